The van der Waals surface area contributed by atoms with Crippen LogP contribution >= 0.6 is 0 Å². The van der Waals surface area contributed by atoms with E-state index in [1.807, 2.05) is 0 Å². The Hall–Kier alpha value is -2.51. The van der Waals surface area contributed by atoms with Crippen LogP contribution in [0.25, 0.3) is 0 Å². The number of piperidine rings is 1. The number of nitro groups is 1. The van der Waals surface area contributed by atoms with E-state index in [2.05, 4.69) is 10.3 Å². The van der Waals surface area contributed by atoms with Gasteiger partial charge in [0.15, 0.2) is 0 Å². The number of anilines is 1. The monoisotopic (exact) mass is 264 g/mol. The van der Waals surface area contributed by atoms with E-state index in [0.29, 0.717) is 12.2 Å². The smallest absolute Gasteiger partial charge is 0.287 e. The Morgan fingerprint density at radius 3 is 2.79 bits per heavy atom. The zero-order chi connectivity index (χ0) is 14.0. The number of carbonyl (C=O) groups excluding carboxylic acids is 2. The summed E-state index contributed by atoms with van der Waals surface area (Å²) in [5.74, 6) is -0.164. The lowest BCUT2D eigenvalue weighted by atomic mass is 10.0. The zero-order valence-electron chi connectivity index (χ0n) is 10.2. The van der Waals surface area contributed by atoms with Crippen molar-refractivity contribution >= 4 is 23.3 Å². The van der Waals surface area contributed by atoms with Crippen molar-refractivity contribution in [1.82, 2.24) is 9.88 Å². The summed E-state index contributed by atoms with van der Waals surface area (Å²) in [7, 11) is 1.43. The highest BCUT2D eigenvalue weighted by molar-refractivity contribution is 6.01. The van der Waals surface area contributed by atoms with Crippen LogP contribution in [0.15, 0.2) is 18.3 Å². The molecule has 0 aromatic carbocycles. The van der Waals surface area contributed by atoms with Gasteiger partial charge in [0, 0.05) is 19.5 Å². The first-order valence-corrected chi connectivity index (χ1v) is 5.66. The number of amides is 2. The van der Waals surface area contributed by atoms with Gasteiger partial charge in [-0.05, 0) is 12.5 Å². The van der Waals surface area contributed by atoms with E-state index in [0.717, 1.165) is 11.1 Å². The maximum atomic E-state index is 11.8. The summed E-state index contributed by atoms with van der Waals surface area (Å²) in [6.07, 6.45) is 1.79. The van der Waals surface area contributed by atoms with Crippen LogP contribution in [0.4, 0.5) is 11.5 Å². The Labute approximate surface area is 108 Å². The number of nitrogens with one attached hydrogen (secondary N) is 1. The molecule has 2 rings (SSSR count). The first-order valence-electron chi connectivity index (χ1n) is 5.66. The third kappa shape index (κ3) is 2.67. The van der Waals surface area contributed by atoms with Crippen LogP contribution in [0, 0.1) is 10.1 Å². The van der Waals surface area contributed by atoms with Crippen molar-refractivity contribution in [3.05, 3.63) is 28.4 Å². The molecule has 1 aliphatic heterocycles. The average molecular weight is 264 g/mol. The Morgan fingerprint density at radius 1 is 1.47 bits per heavy atom. The number of rotatable bonds is 3. The van der Waals surface area contributed by atoms with Crippen molar-refractivity contribution in [3.8, 4) is 0 Å². The van der Waals surface area contributed by atoms with Crippen molar-refractivity contribution in [2.45, 2.75) is 18.9 Å². The van der Waals surface area contributed by atoms with E-state index in [-0.39, 0.29) is 23.9 Å². The fraction of sp³-hybridized carbons (Fsp3) is 0.364. The Morgan fingerprint density at radius 2 is 2.21 bits per heavy atom. The second kappa shape index (κ2) is 5.01. The van der Waals surface area contributed by atoms with Gasteiger partial charge in [-0.25, -0.2) is 4.98 Å². The lowest BCUT2D eigenvalue weighted by molar-refractivity contribution is -0.385. The highest BCUT2D eigenvalue weighted by Gasteiger charge is 2.31. The molecule has 0 radical (unpaired) electrons. The molecule has 8 heteroatoms. The summed E-state index contributed by atoms with van der Waals surface area (Å²) >= 11 is 0. The van der Waals surface area contributed by atoms with E-state index in [1.165, 1.54) is 19.2 Å². The minimum Gasteiger partial charge on any atom is -0.358 e. The van der Waals surface area contributed by atoms with Crippen molar-refractivity contribution in [2.75, 3.05) is 12.4 Å². The number of imide groups is 1. The fourth-order valence-electron chi connectivity index (χ4n) is 1.81. The van der Waals surface area contributed by atoms with Gasteiger partial charge >= 0.3 is 0 Å². The normalized spacial score (nSPS) is 19.4. The van der Waals surface area contributed by atoms with Gasteiger partial charge in [0.2, 0.25) is 5.91 Å². The molecule has 0 aliphatic carbocycles. The molecular formula is C11H12N4O4. The average Bonchev–Trinajstić information content (AvgIpc) is 2.40. The van der Waals surface area contributed by atoms with Crippen molar-refractivity contribution in [2.24, 2.45) is 0 Å². The highest BCUT2D eigenvalue weighted by Crippen LogP contribution is 2.17. The van der Waals surface area contributed by atoms with Gasteiger partial charge < -0.3 is 5.32 Å². The Balaban J connectivity index is 2.07. The summed E-state index contributed by atoms with van der Waals surface area (Å²) in [5.41, 5.74) is -0.118. The predicted molar refractivity (Wildman–Crippen MR) is 65.3 cm³/mol. The molecule has 8 nitrogen and oxygen atoms in total. The van der Waals surface area contributed by atoms with Gasteiger partial charge in [-0.2, -0.15) is 0 Å². The number of hydrogen-bond acceptors (Lipinski definition) is 6. The van der Waals surface area contributed by atoms with E-state index >= 15 is 0 Å². The van der Waals surface area contributed by atoms with Gasteiger partial charge in [0.25, 0.3) is 11.6 Å². The molecule has 1 aliphatic rings. The number of hydrogen-bond donors (Lipinski definition) is 1. The van der Waals surface area contributed by atoms with Gasteiger partial charge in [-0.3, -0.25) is 24.6 Å². The third-order valence-electron chi connectivity index (χ3n) is 2.93. The van der Waals surface area contributed by atoms with Crippen molar-refractivity contribution in [3.63, 3.8) is 0 Å². The molecule has 1 aromatic heterocycles. The first-order chi connectivity index (χ1) is 8.99. The maximum Gasteiger partial charge on any atom is 0.287 e. The lowest BCUT2D eigenvalue weighted by Gasteiger charge is -2.28. The van der Waals surface area contributed by atoms with Crippen LogP contribution < -0.4 is 5.32 Å². The number of aromatic nitrogens is 1. The molecule has 2 heterocycles. The van der Waals surface area contributed by atoms with E-state index in [9.17, 15) is 19.7 Å². The molecule has 1 saturated heterocycles. The molecule has 2 amide bonds. The van der Waals surface area contributed by atoms with Gasteiger partial charge in [0.05, 0.1) is 4.92 Å². The quantitative estimate of drug-likeness (QED) is 0.485. The molecular weight excluding hydrogens is 252 g/mol. The van der Waals surface area contributed by atoms with Crippen molar-refractivity contribution < 1.29 is 14.5 Å². The topological polar surface area (TPSA) is 105 Å². The summed E-state index contributed by atoms with van der Waals surface area (Å²) in [4.78, 5) is 38.0. The number of likely N-dealkylation sites (tertiary alicyclic amines) is 1. The second-order valence-electron chi connectivity index (χ2n) is 4.19. The van der Waals surface area contributed by atoms with E-state index < -0.39 is 11.0 Å². The molecule has 100 valence electrons. The minimum atomic E-state index is -0.547. The van der Waals surface area contributed by atoms with E-state index in [4.69, 9.17) is 0 Å². The summed E-state index contributed by atoms with van der Waals surface area (Å²) in [5, 5.41) is 13.4. The van der Waals surface area contributed by atoms with Crippen LogP contribution in [0.3, 0.4) is 0 Å². The predicted octanol–water partition coefficient (Wildman–Crippen LogP) is 0.549. The van der Waals surface area contributed by atoms with Gasteiger partial charge in [0.1, 0.15) is 18.1 Å². The SMILES string of the molecule is CN1C(=O)CCC(Nc2ccc([N+](=O)[O-])cn2)C1=O. The van der Waals surface area contributed by atoms with Crippen LogP contribution in [-0.4, -0.2) is 39.7 Å². The van der Waals surface area contributed by atoms with Gasteiger partial charge in [-0.1, -0.05) is 0 Å². The molecule has 1 atom stereocenters. The molecule has 0 bridgehead atoms. The number of pyridine rings is 1. The third-order valence-corrected chi connectivity index (χ3v) is 2.93. The lowest BCUT2D eigenvalue weighted by Crippen LogP contribution is -2.48. The summed E-state index contributed by atoms with van der Waals surface area (Å²) < 4.78 is 0. The largest absolute Gasteiger partial charge is 0.358 e. The number of carbonyl (C=O) groups is 2. The fourth-order valence-corrected chi connectivity index (χ4v) is 1.81. The van der Waals surface area contributed by atoms with E-state index in [1.54, 1.807) is 0 Å². The van der Waals surface area contributed by atoms with Crippen LogP contribution in [0.2, 0.25) is 0 Å². The molecule has 1 unspecified atom stereocenters. The zero-order valence-corrected chi connectivity index (χ0v) is 10.2. The molecule has 1 N–H and O–H groups in total. The summed E-state index contributed by atoms with van der Waals surface area (Å²) in [6.45, 7) is 0. The standard InChI is InChI=1S/C11H12N4O4/c1-14-10(16)5-3-8(11(14)17)13-9-4-2-7(6-12-9)15(18)19/h2,4,6,8H,3,5H2,1H3,(H,12,13). The van der Waals surface area contributed by atoms with Crippen LogP contribution in [0.1, 0.15) is 12.8 Å². The molecule has 0 saturated carbocycles. The first kappa shape index (κ1) is 12.9. The minimum absolute atomic E-state index is 0.118. The van der Waals surface area contributed by atoms with Crippen LogP contribution in [0.5, 0.6) is 0 Å². The molecule has 1 aromatic rings. The molecule has 0 spiro atoms. The van der Waals surface area contributed by atoms with Crippen molar-refractivity contribution in [1.29, 1.82) is 0 Å². The number of nitrogens with zero attached hydrogens (tertiary/aromatic N) is 3. The molecule has 19 heavy (non-hydrogen) atoms. The highest BCUT2D eigenvalue weighted by atomic mass is 16.6. The summed E-state index contributed by atoms with van der Waals surface area (Å²) in [6, 6.07) is 2.20. The molecule has 1 fully saturated rings. The second-order valence-corrected chi connectivity index (χ2v) is 4.19. The van der Waals surface area contributed by atoms with Crippen LogP contribution in [-0.2, 0) is 9.59 Å². The van der Waals surface area contributed by atoms with Gasteiger partial charge in [-0.15, -0.1) is 0 Å². The maximum absolute atomic E-state index is 11.8. The Bertz CT molecular complexity index is 528. The number of likely N-dealkylation sites (N-methyl/N-ethyl adjacent to an activating group) is 1. The Kier molecular flexibility index (Phi) is 3.41.